The average molecular weight is 266 g/mol. The van der Waals surface area contributed by atoms with Gasteiger partial charge in [0, 0.05) is 12.5 Å². The van der Waals surface area contributed by atoms with Crippen molar-refractivity contribution in [2.45, 2.75) is 39.2 Å². The summed E-state index contributed by atoms with van der Waals surface area (Å²) in [5, 5.41) is 8.69. The van der Waals surface area contributed by atoms with E-state index in [2.05, 4.69) is 37.9 Å². The van der Waals surface area contributed by atoms with Gasteiger partial charge in [0.2, 0.25) is 0 Å². The smallest absolute Gasteiger partial charge is 0.320 e. The van der Waals surface area contributed by atoms with Crippen LogP contribution >= 0.6 is 0 Å². The van der Waals surface area contributed by atoms with Gasteiger partial charge in [-0.2, -0.15) is 0 Å². The summed E-state index contributed by atoms with van der Waals surface area (Å²) >= 11 is 0. The number of carbonyl (C=O) groups is 1. The van der Waals surface area contributed by atoms with Gasteiger partial charge < -0.3 is 15.7 Å². The number of aliphatic carboxylic acids is 1. The Balaban J connectivity index is 2.17. The third-order valence-electron chi connectivity index (χ3n) is 3.89. The summed E-state index contributed by atoms with van der Waals surface area (Å²) < 4.78 is 0. The van der Waals surface area contributed by atoms with E-state index in [9.17, 15) is 4.79 Å². The molecule has 0 saturated carbocycles. The Labute approximate surface area is 116 Å². The fourth-order valence-corrected chi connectivity index (χ4v) is 2.32. The second-order valence-electron chi connectivity index (χ2n) is 5.53. The molecular formula is C15H26N2O2. The molecule has 4 nitrogen and oxygen atoms in total. The first kappa shape index (κ1) is 15.9. The molecule has 0 spiro atoms. The number of carboxylic acids is 1. The van der Waals surface area contributed by atoms with Crippen molar-refractivity contribution in [3.05, 3.63) is 23.3 Å². The van der Waals surface area contributed by atoms with E-state index in [0.717, 1.165) is 25.9 Å². The molecule has 1 rings (SSSR count). The van der Waals surface area contributed by atoms with E-state index in [0.29, 0.717) is 12.3 Å². The monoisotopic (exact) mass is 266 g/mol. The second kappa shape index (κ2) is 7.46. The number of carboxylic acid groups (broad SMARTS) is 1. The van der Waals surface area contributed by atoms with Crippen LogP contribution in [0.15, 0.2) is 23.3 Å². The summed E-state index contributed by atoms with van der Waals surface area (Å²) in [5.74, 6) is -0.369. The van der Waals surface area contributed by atoms with Gasteiger partial charge in [0.1, 0.15) is 6.04 Å². The summed E-state index contributed by atoms with van der Waals surface area (Å²) in [6, 6.07) is -0.712. The first-order valence-corrected chi connectivity index (χ1v) is 6.94. The van der Waals surface area contributed by atoms with Gasteiger partial charge in [-0.05, 0) is 40.3 Å². The first-order valence-electron chi connectivity index (χ1n) is 6.94. The quantitative estimate of drug-likeness (QED) is 0.660. The van der Waals surface area contributed by atoms with Gasteiger partial charge >= 0.3 is 5.97 Å². The van der Waals surface area contributed by atoms with Crippen molar-refractivity contribution in [2.24, 2.45) is 11.7 Å². The Morgan fingerprint density at radius 2 is 2.16 bits per heavy atom. The summed E-state index contributed by atoms with van der Waals surface area (Å²) in [6.45, 7) is 6.37. The largest absolute Gasteiger partial charge is 0.480 e. The second-order valence-corrected chi connectivity index (χ2v) is 5.53. The van der Waals surface area contributed by atoms with Crippen LogP contribution in [0.4, 0.5) is 0 Å². The van der Waals surface area contributed by atoms with Crippen molar-refractivity contribution in [3.63, 3.8) is 0 Å². The van der Waals surface area contributed by atoms with Crippen LogP contribution in [0.25, 0.3) is 0 Å². The van der Waals surface area contributed by atoms with Crippen LogP contribution in [0.1, 0.15) is 33.1 Å². The highest BCUT2D eigenvalue weighted by Crippen LogP contribution is 2.25. The number of hydrogen-bond donors (Lipinski definition) is 2. The van der Waals surface area contributed by atoms with Crippen molar-refractivity contribution in [2.75, 3.05) is 20.1 Å². The van der Waals surface area contributed by atoms with E-state index in [1.165, 1.54) is 11.1 Å². The van der Waals surface area contributed by atoms with Crippen LogP contribution in [0.5, 0.6) is 0 Å². The minimum atomic E-state index is -0.902. The lowest BCUT2D eigenvalue weighted by Crippen LogP contribution is -2.30. The Hall–Kier alpha value is -1.13. The molecule has 1 aliphatic carbocycles. The minimum absolute atomic E-state index is 0.534. The molecule has 2 atom stereocenters. The SMILES string of the molecule is CC1=C(C)C(CN(C)CCCC[C@H](N)C(=O)O)C=C1. The molecule has 0 saturated heterocycles. The van der Waals surface area contributed by atoms with Crippen LogP contribution in [-0.2, 0) is 4.79 Å². The lowest BCUT2D eigenvalue weighted by atomic mass is 10.0. The van der Waals surface area contributed by atoms with Gasteiger partial charge in [0.25, 0.3) is 0 Å². The number of allylic oxidation sites excluding steroid dienone is 2. The maximum atomic E-state index is 10.6. The highest BCUT2D eigenvalue weighted by Gasteiger charge is 2.16. The van der Waals surface area contributed by atoms with Crippen molar-refractivity contribution >= 4 is 5.97 Å². The van der Waals surface area contributed by atoms with Gasteiger partial charge in [0.05, 0.1) is 0 Å². The molecule has 0 aromatic rings. The van der Waals surface area contributed by atoms with Crippen LogP contribution in [0, 0.1) is 5.92 Å². The fourth-order valence-electron chi connectivity index (χ4n) is 2.32. The molecule has 1 unspecified atom stereocenters. The van der Waals surface area contributed by atoms with Crippen LogP contribution in [0.3, 0.4) is 0 Å². The fraction of sp³-hybridized carbons (Fsp3) is 0.667. The van der Waals surface area contributed by atoms with Crippen molar-refractivity contribution in [1.82, 2.24) is 4.90 Å². The first-order chi connectivity index (χ1) is 8.91. The lowest BCUT2D eigenvalue weighted by Gasteiger charge is -2.21. The number of hydrogen-bond acceptors (Lipinski definition) is 3. The number of nitrogens with two attached hydrogens (primary N) is 1. The number of nitrogens with zero attached hydrogens (tertiary/aromatic N) is 1. The standard InChI is InChI=1S/C15H26N2O2/c1-11-7-8-13(12(11)2)10-17(3)9-5-4-6-14(16)15(18)19/h7-8,13-14H,4-6,9-10,16H2,1-3H3,(H,18,19)/t13?,14-/m0/s1. The highest BCUT2D eigenvalue weighted by atomic mass is 16.4. The molecule has 108 valence electrons. The molecule has 0 bridgehead atoms. The van der Waals surface area contributed by atoms with Gasteiger partial charge in [0.15, 0.2) is 0 Å². The van der Waals surface area contributed by atoms with Crippen molar-refractivity contribution in [3.8, 4) is 0 Å². The molecule has 0 radical (unpaired) electrons. The summed E-state index contributed by atoms with van der Waals surface area (Å²) in [7, 11) is 2.12. The Morgan fingerprint density at radius 3 is 2.68 bits per heavy atom. The Bertz CT molecular complexity index is 374. The number of rotatable bonds is 8. The predicted octanol–water partition coefficient (Wildman–Crippen LogP) is 2.02. The molecule has 0 aromatic heterocycles. The van der Waals surface area contributed by atoms with Gasteiger partial charge in [-0.3, -0.25) is 4.79 Å². The molecule has 0 aliphatic heterocycles. The normalized spacial score (nSPS) is 20.4. The molecule has 19 heavy (non-hydrogen) atoms. The van der Waals surface area contributed by atoms with Crippen LogP contribution < -0.4 is 5.73 Å². The van der Waals surface area contributed by atoms with Crippen LogP contribution in [0.2, 0.25) is 0 Å². The maximum Gasteiger partial charge on any atom is 0.320 e. The van der Waals surface area contributed by atoms with Crippen LogP contribution in [-0.4, -0.2) is 42.2 Å². The molecule has 1 aliphatic rings. The molecule has 0 fully saturated rings. The van der Waals surface area contributed by atoms with E-state index in [-0.39, 0.29) is 0 Å². The van der Waals surface area contributed by atoms with E-state index < -0.39 is 12.0 Å². The highest BCUT2D eigenvalue weighted by molar-refractivity contribution is 5.72. The summed E-state index contributed by atoms with van der Waals surface area (Å²) in [6.07, 6.45) is 6.88. The van der Waals surface area contributed by atoms with Gasteiger partial charge in [-0.25, -0.2) is 0 Å². The zero-order chi connectivity index (χ0) is 14.4. The number of unbranched alkanes of at least 4 members (excludes halogenated alkanes) is 1. The van der Waals surface area contributed by atoms with E-state index >= 15 is 0 Å². The lowest BCUT2D eigenvalue weighted by molar-refractivity contribution is -0.138. The zero-order valence-corrected chi connectivity index (χ0v) is 12.2. The summed E-state index contributed by atoms with van der Waals surface area (Å²) in [5.41, 5.74) is 8.31. The average Bonchev–Trinajstić information content (AvgIpc) is 2.66. The van der Waals surface area contributed by atoms with E-state index in [1.807, 2.05) is 0 Å². The molecule has 0 aromatic carbocycles. The molecule has 4 heteroatoms. The third kappa shape index (κ3) is 5.17. The van der Waals surface area contributed by atoms with E-state index in [1.54, 1.807) is 0 Å². The third-order valence-corrected chi connectivity index (χ3v) is 3.89. The minimum Gasteiger partial charge on any atom is -0.480 e. The summed E-state index contributed by atoms with van der Waals surface area (Å²) in [4.78, 5) is 12.9. The Morgan fingerprint density at radius 1 is 1.47 bits per heavy atom. The van der Waals surface area contributed by atoms with Gasteiger partial charge in [-0.15, -0.1) is 0 Å². The molecule has 0 heterocycles. The van der Waals surface area contributed by atoms with Crippen molar-refractivity contribution in [1.29, 1.82) is 0 Å². The van der Waals surface area contributed by atoms with Gasteiger partial charge in [-0.1, -0.05) is 29.7 Å². The predicted molar refractivity (Wildman–Crippen MR) is 78.0 cm³/mol. The maximum absolute atomic E-state index is 10.6. The van der Waals surface area contributed by atoms with Crippen molar-refractivity contribution < 1.29 is 9.90 Å². The zero-order valence-electron chi connectivity index (χ0n) is 12.2. The molecule has 3 N–H and O–H groups in total. The van der Waals surface area contributed by atoms with E-state index in [4.69, 9.17) is 10.8 Å². The molecule has 0 amide bonds. The Kier molecular flexibility index (Phi) is 6.25. The topological polar surface area (TPSA) is 66.6 Å². The molecular weight excluding hydrogens is 240 g/mol.